The third-order valence-corrected chi connectivity index (χ3v) is 3.74. The van der Waals surface area contributed by atoms with Crippen molar-refractivity contribution in [2.45, 2.75) is 0 Å². The van der Waals surface area contributed by atoms with E-state index >= 15 is 0 Å². The normalized spacial score (nSPS) is 17.6. The third-order valence-electron chi connectivity index (χ3n) is 3.74. The van der Waals surface area contributed by atoms with Crippen LogP contribution in [0.1, 0.15) is 11.1 Å². The lowest BCUT2D eigenvalue weighted by Crippen LogP contribution is -2.19. The number of rotatable bonds is 2. The second-order valence-electron chi connectivity index (χ2n) is 5.09. The van der Waals surface area contributed by atoms with Gasteiger partial charge >= 0.3 is 0 Å². The molecule has 0 saturated carbocycles. The lowest BCUT2D eigenvalue weighted by Gasteiger charge is -2.07. The summed E-state index contributed by atoms with van der Waals surface area (Å²) in [7, 11) is 0. The van der Waals surface area contributed by atoms with Gasteiger partial charge in [-0.15, -0.1) is 0 Å². The minimum absolute atomic E-state index is 0.873. The Labute approximate surface area is 117 Å². The first-order valence-electron chi connectivity index (χ1n) is 7.01. The highest BCUT2D eigenvalue weighted by atomic mass is 15.1. The van der Waals surface area contributed by atoms with Crippen molar-refractivity contribution in [3.05, 3.63) is 47.5 Å². The van der Waals surface area contributed by atoms with Crippen molar-refractivity contribution in [2.75, 3.05) is 26.2 Å². The summed E-state index contributed by atoms with van der Waals surface area (Å²) in [5, 5.41) is 9.10. The van der Waals surface area contributed by atoms with Crippen molar-refractivity contribution >= 4 is 22.4 Å². The monoisotopic (exact) mass is 264 g/mol. The van der Waals surface area contributed by atoms with E-state index in [4.69, 9.17) is 0 Å². The van der Waals surface area contributed by atoms with Crippen LogP contribution in [-0.2, 0) is 0 Å². The Bertz CT molecular complexity index is 667. The molecule has 0 atom stereocenters. The SMILES string of the molecule is c1cc2cc(C3=NCCN3)ccc2cc1C1=NCCN1. The van der Waals surface area contributed by atoms with Gasteiger partial charge in [0.1, 0.15) is 11.7 Å². The molecule has 4 heteroatoms. The second-order valence-corrected chi connectivity index (χ2v) is 5.09. The van der Waals surface area contributed by atoms with Crippen molar-refractivity contribution in [3.8, 4) is 0 Å². The lowest BCUT2D eigenvalue weighted by atomic mass is 10.0. The molecule has 0 fully saturated rings. The fraction of sp³-hybridized carbons (Fsp3) is 0.250. The van der Waals surface area contributed by atoms with Crippen molar-refractivity contribution in [1.82, 2.24) is 10.6 Å². The van der Waals surface area contributed by atoms with Gasteiger partial charge in [-0.2, -0.15) is 0 Å². The van der Waals surface area contributed by atoms with E-state index in [-0.39, 0.29) is 0 Å². The van der Waals surface area contributed by atoms with Gasteiger partial charge in [-0.05, 0) is 22.9 Å². The zero-order valence-corrected chi connectivity index (χ0v) is 11.2. The third kappa shape index (κ3) is 1.93. The summed E-state index contributed by atoms with van der Waals surface area (Å²) in [5.74, 6) is 2.02. The molecule has 4 rings (SSSR count). The zero-order valence-electron chi connectivity index (χ0n) is 11.2. The standard InChI is InChI=1S/C16H16N4/c1-3-13(15-17-5-6-18-15)10-12-2-4-14(9-11(1)12)16-19-7-8-20-16/h1-4,9-10H,5-8H2,(H,17,18)(H,19,20). The fourth-order valence-electron chi connectivity index (χ4n) is 2.72. The van der Waals surface area contributed by atoms with Crippen LogP contribution in [0, 0.1) is 0 Å². The highest BCUT2D eigenvalue weighted by Gasteiger charge is 2.10. The van der Waals surface area contributed by atoms with Crippen molar-refractivity contribution in [3.63, 3.8) is 0 Å². The van der Waals surface area contributed by atoms with Crippen LogP contribution in [-0.4, -0.2) is 37.9 Å². The first kappa shape index (κ1) is 11.5. The van der Waals surface area contributed by atoms with E-state index in [2.05, 4.69) is 57.0 Å². The molecule has 100 valence electrons. The topological polar surface area (TPSA) is 48.8 Å². The molecule has 2 aliphatic heterocycles. The smallest absolute Gasteiger partial charge is 0.128 e. The number of aliphatic imine (C=N–C) groups is 2. The molecule has 0 bridgehead atoms. The minimum Gasteiger partial charge on any atom is -0.368 e. The van der Waals surface area contributed by atoms with Gasteiger partial charge in [-0.3, -0.25) is 9.98 Å². The molecule has 2 heterocycles. The highest BCUT2D eigenvalue weighted by molar-refractivity contribution is 6.05. The Kier molecular flexibility index (Phi) is 2.66. The van der Waals surface area contributed by atoms with Crippen molar-refractivity contribution < 1.29 is 0 Å². The van der Waals surface area contributed by atoms with Gasteiger partial charge in [0.05, 0.1) is 13.1 Å². The maximum atomic E-state index is 4.47. The van der Waals surface area contributed by atoms with E-state index in [9.17, 15) is 0 Å². The second kappa shape index (κ2) is 4.63. The van der Waals surface area contributed by atoms with Crippen LogP contribution in [0.15, 0.2) is 46.4 Å². The van der Waals surface area contributed by atoms with Crippen LogP contribution in [0.25, 0.3) is 10.8 Å². The van der Waals surface area contributed by atoms with Gasteiger partial charge in [0, 0.05) is 24.2 Å². The number of nitrogens with one attached hydrogen (secondary N) is 2. The molecule has 20 heavy (non-hydrogen) atoms. The molecule has 2 N–H and O–H groups in total. The van der Waals surface area contributed by atoms with E-state index < -0.39 is 0 Å². The molecule has 4 nitrogen and oxygen atoms in total. The van der Waals surface area contributed by atoms with Crippen LogP contribution in [0.2, 0.25) is 0 Å². The average Bonchev–Trinajstić information content (AvgIpc) is 3.19. The Morgan fingerprint density at radius 1 is 0.700 bits per heavy atom. The number of hydrogen-bond acceptors (Lipinski definition) is 4. The first-order chi connectivity index (χ1) is 9.90. The van der Waals surface area contributed by atoms with Crippen LogP contribution in [0.4, 0.5) is 0 Å². The molecule has 0 saturated heterocycles. The molecular weight excluding hydrogens is 248 g/mol. The largest absolute Gasteiger partial charge is 0.368 e. The Hall–Kier alpha value is -2.36. The van der Waals surface area contributed by atoms with Crippen LogP contribution in [0.3, 0.4) is 0 Å². The fourth-order valence-corrected chi connectivity index (χ4v) is 2.72. The van der Waals surface area contributed by atoms with Gasteiger partial charge in [0.2, 0.25) is 0 Å². The zero-order chi connectivity index (χ0) is 13.4. The van der Waals surface area contributed by atoms with E-state index in [0.29, 0.717) is 0 Å². The predicted molar refractivity (Wildman–Crippen MR) is 82.8 cm³/mol. The molecule has 2 aromatic carbocycles. The first-order valence-corrected chi connectivity index (χ1v) is 7.01. The summed E-state index contributed by atoms with van der Waals surface area (Å²) in [6.45, 7) is 3.63. The van der Waals surface area contributed by atoms with E-state index in [1.54, 1.807) is 0 Å². The molecule has 0 radical (unpaired) electrons. The Balaban J connectivity index is 1.75. The van der Waals surface area contributed by atoms with Gasteiger partial charge in [0.25, 0.3) is 0 Å². The quantitative estimate of drug-likeness (QED) is 0.864. The summed E-state index contributed by atoms with van der Waals surface area (Å²) in [6.07, 6.45) is 0. The number of benzene rings is 2. The van der Waals surface area contributed by atoms with Gasteiger partial charge in [-0.1, -0.05) is 24.3 Å². The van der Waals surface area contributed by atoms with Crippen LogP contribution < -0.4 is 10.6 Å². The highest BCUT2D eigenvalue weighted by Crippen LogP contribution is 2.19. The average molecular weight is 264 g/mol. The molecular formula is C16H16N4. The van der Waals surface area contributed by atoms with Crippen molar-refractivity contribution in [1.29, 1.82) is 0 Å². The molecule has 2 aliphatic rings. The Morgan fingerprint density at radius 3 is 1.60 bits per heavy atom. The summed E-state index contributed by atoms with van der Waals surface area (Å²) >= 11 is 0. The number of nitrogens with zero attached hydrogens (tertiary/aromatic N) is 2. The molecule has 0 unspecified atom stereocenters. The number of hydrogen-bond donors (Lipinski definition) is 2. The van der Waals surface area contributed by atoms with Crippen LogP contribution in [0.5, 0.6) is 0 Å². The van der Waals surface area contributed by atoms with E-state index in [1.165, 1.54) is 21.9 Å². The summed E-state index contributed by atoms with van der Waals surface area (Å²) in [4.78, 5) is 8.94. The predicted octanol–water partition coefficient (Wildman–Crippen LogP) is 1.54. The summed E-state index contributed by atoms with van der Waals surface area (Å²) < 4.78 is 0. The lowest BCUT2D eigenvalue weighted by molar-refractivity contribution is 0.960. The van der Waals surface area contributed by atoms with E-state index in [0.717, 1.165) is 37.9 Å². The van der Waals surface area contributed by atoms with E-state index in [1.807, 2.05) is 0 Å². The molecule has 0 aromatic heterocycles. The van der Waals surface area contributed by atoms with Crippen LogP contribution >= 0.6 is 0 Å². The molecule has 0 spiro atoms. The Morgan fingerprint density at radius 2 is 1.20 bits per heavy atom. The maximum absolute atomic E-state index is 4.47. The van der Waals surface area contributed by atoms with Gasteiger partial charge < -0.3 is 10.6 Å². The van der Waals surface area contributed by atoms with Crippen molar-refractivity contribution in [2.24, 2.45) is 9.98 Å². The number of fused-ring (bicyclic) bond motifs is 1. The summed E-state index contributed by atoms with van der Waals surface area (Å²) in [6, 6.07) is 13.0. The minimum atomic E-state index is 0.873. The number of amidine groups is 2. The van der Waals surface area contributed by atoms with Gasteiger partial charge in [0.15, 0.2) is 0 Å². The summed E-state index contributed by atoms with van der Waals surface area (Å²) in [5.41, 5.74) is 2.33. The molecule has 0 aliphatic carbocycles. The van der Waals surface area contributed by atoms with Gasteiger partial charge in [-0.25, -0.2) is 0 Å². The maximum Gasteiger partial charge on any atom is 0.128 e. The molecule has 2 aromatic rings. The molecule has 0 amide bonds.